The van der Waals surface area contributed by atoms with Crippen LogP contribution in [0.2, 0.25) is 5.02 Å². The molecule has 4 nitrogen and oxygen atoms in total. The van der Waals surface area contributed by atoms with Crippen molar-refractivity contribution >= 4 is 34.2 Å². The van der Waals surface area contributed by atoms with E-state index < -0.39 is 0 Å². The van der Waals surface area contributed by atoms with Gasteiger partial charge in [0.2, 0.25) is 12.3 Å². The maximum absolute atomic E-state index is 6.02. The van der Waals surface area contributed by atoms with Gasteiger partial charge in [0.05, 0.1) is 5.52 Å². The van der Waals surface area contributed by atoms with Crippen molar-refractivity contribution in [3.8, 4) is 0 Å². The number of halogens is 1. The molecule has 0 fully saturated rings. The molecule has 3 aromatic carbocycles. The largest absolute Gasteiger partial charge is 0.423 e. The van der Waals surface area contributed by atoms with Crippen molar-refractivity contribution in [3.05, 3.63) is 125 Å². The molecule has 0 aliphatic carbocycles. The van der Waals surface area contributed by atoms with Gasteiger partial charge in [0.15, 0.2) is 0 Å². The van der Waals surface area contributed by atoms with Crippen LogP contribution in [-0.2, 0) is 12.8 Å². The average Bonchev–Trinajstić information content (AvgIpc) is 3.37. The second-order valence-electron chi connectivity index (χ2n) is 7.55. The van der Waals surface area contributed by atoms with E-state index in [0.717, 1.165) is 40.8 Å². The number of benzene rings is 3. The molecule has 32 heavy (non-hydrogen) atoms. The van der Waals surface area contributed by atoms with Crippen LogP contribution in [0.3, 0.4) is 0 Å². The minimum atomic E-state index is 0.480. The molecule has 0 saturated heterocycles. The second-order valence-corrected chi connectivity index (χ2v) is 7.98. The van der Waals surface area contributed by atoms with Crippen LogP contribution in [0.4, 0.5) is 0 Å². The van der Waals surface area contributed by atoms with Crippen LogP contribution in [0.1, 0.15) is 28.3 Å². The number of pyridine rings is 1. The van der Waals surface area contributed by atoms with E-state index in [-0.39, 0.29) is 0 Å². The lowest BCUT2D eigenvalue weighted by molar-refractivity contribution is 0.539. The number of nitrogens with zero attached hydrogens (tertiary/aromatic N) is 3. The first-order valence-electron chi connectivity index (χ1n) is 10.4. The fraction of sp³-hybridized carbons (Fsp3) is 0.0741. The molecule has 0 spiro atoms. The molecule has 0 amide bonds. The van der Waals surface area contributed by atoms with E-state index in [4.69, 9.17) is 21.0 Å². The van der Waals surface area contributed by atoms with Gasteiger partial charge < -0.3 is 4.42 Å². The van der Waals surface area contributed by atoms with Crippen molar-refractivity contribution in [2.45, 2.75) is 12.8 Å². The summed E-state index contributed by atoms with van der Waals surface area (Å²) in [6, 6.07) is 28.6. The summed E-state index contributed by atoms with van der Waals surface area (Å²) in [6.07, 6.45) is 5.18. The van der Waals surface area contributed by atoms with Crippen LogP contribution in [0.25, 0.3) is 22.6 Å². The number of aromatic nitrogens is 3. The lowest BCUT2D eigenvalue weighted by Gasteiger charge is -2.07. The molecule has 5 aromatic rings. The summed E-state index contributed by atoms with van der Waals surface area (Å²) in [5.41, 5.74) is 6.28. The predicted molar refractivity (Wildman–Crippen MR) is 128 cm³/mol. The first-order valence-corrected chi connectivity index (χ1v) is 10.8. The third kappa shape index (κ3) is 4.61. The molecule has 5 heteroatoms. The molecule has 0 saturated carbocycles. The minimum Gasteiger partial charge on any atom is -0.423 e. The molecule has 0 N–H and O–H groups in total. The van der Waals surface area contributed by atoms with Crippen LogP contribution in [0, 0.1) is 0 Å². The number of hydrogen-bond acceptors (Lipinski definition) is 4. The van der Waals surface area contributed by atoms with E-state index in [9.17, 15) is 0 Å². The van der Waals surface area contributed by atoms with Gasteiger partial charge in [-0.25, -0.2) is 0 Å². The van der Waals surface area contributed by atoms with Gasteiger partial charge in [0, 0.05) is 21.7 Å². The molecule has 0 unspecified atom stereocenters. The van der Waals surface area contributed by atoms with E-state index in [2.05, 4.69) is 58.7 Å². The van der Waals surface area contributed by atoms with E-state index in [1.807, 2.05) is 42.5 Å². The zero-order valence-electron chi connectivity index (χ0n) is 17.3. The van der Waals surface area contributed by atoms with Crippen LogP contribution in [-0.4, -0.2) is 15.2 Å². The Balaban J connectivity index is 1.36. The number of hydrogen-bond donors (Lipinski definition) is 0. The lowest BCUT2D eigenvalue weighted by Crippen LogP contribution is -1.96. The normalized spacial score (nSPS) is 11.7. The summed E-state index contributed by atoms with van der Waals surface area (Å²) in [6.45, 7) is 0. The van der Waals surface area contributed by atoms with Gasteiger partial charge in [0.1, 0.15) is 0 Å². The number of fused-ring (bicyclic) bond motifs is 1. The van der Waals surface area contributed by atoms with Crippen molar-refractivity contribution in [1.82, 2.24) is 15.2 Å². The molecule has 5 rings (SSSR count). The fourth-order valence-electron chi connectivity index (χ4n) is 3.66. The summed E-state index contributed by atoms with van der Waals surface area (Å²) in [5.74, 6) is 0.480. The lowest BCUT2D eigenvalue weighted by atomic mass is 9.99. The Morgan fingerprint density at radius 3 is 2.44 bits per heavy atom. The predicted octanol–water partition coefficient (Wildman–Crippen LogP) is 6.65. The van der Waals surface area contributed by atoms with E-state index in [0.29, 0.717) is 10.9 Å². The van der Waals surface area contributed by atoms with E-state index >= 15 is 0 Å². The number of aryl methyl sites for hydroxylation is 2. The number of para-hydroxylation sites is 1. The zero-order chi connectivity index (χ0) is 21.8. The molecule has 2 aromatic heterocycles. The maximum Gasteiger partial charge on any atom is 0.248 e. The highest BCUT2D eigenvalue weighted by atomic mass is 35.5. The van der Waals surface area contributed by atoms with Crippen LogP contribution in [0.15, 0.2) is 95.7 Å². The Morgan fingerprint density at radius 1 is 0.844 bits per heavy atom. The van der Waals surface area contributed by atoms with Gasteiger partial charge in [-0.05, 0) is 59.9 Å². The smallest absolute Gasteiger partial charge is 0.248 e. The highest BCUT2D eigenvalue weighted by Crippen LogP contribution is 2.26. The summed E-state index contributed by atoms with van der Waals surface area (Å²) < 4.78 is 5.49. The first-order chi connectivity index (χ1) is 15.7. The quantitative estimate of drug-likeness (QED) is 0.279. The van der Waals surface area contributed by atoms with Crippen molar-refractivity contribution in [1.29, 1.82) is 0 Å². The summed E-state index contributed by atoms with van der Waals surface area (Å²) in [7, 11) is 0. The third-order valence-electron chi connectivity index (χ3n) is 5.36. The van der Waals surface area contributed by atoms with Gasteiger partial charge >= 0.3 is 0 Å². The maximum atomic E-state index is 6.02. The Bertz CT molecular complexity index is 1360. The average molecular weight is 438 g/mol. The molecule has 156 valence electrons. The van der Waals surface area contributed by atoms with Crippen LogP contribution in [0.5, 0.6) is 0 Å². The van der Waals surface area contributed by atoms with E-state index in [1.54, 1.807) is 0 Å². The van der Waals surface area contributed by atoms with Crippen LogP contribution >= 0.6 is 11.6 Å². The number of rotatable bonds is 6. The summed E-state index contributed by atoms with van der Waals surface area (Å²) >= 11 is 6.02. The second kappa shape index (κ2) is 9.16. The van der Waals surface area contributed by atoms with Gasteiger partial charge in [-0.3, -0.25) is 4.98 Å². The van der Waals surface area contributed by atoms with Crippen molar-refractivity contribution in [3.63, 3.8) is 0 Å². The van der Waals surface area contributed by atoms with Gasteiger partial charge in [-0.1, -0.05) is 72.3 Å². The van der Waals surface area contributed by atoms with Crippen molar-refractivity contribution in [2.75, 3.05) is 0 Å². The van der Waals surface area contributed by atoms with Gasteiger partial charge in [-0.15, -0.1) is 10.2 Å². The Kier molecular flexibility index (Phi) is 5.77. The highest BCUT2D eigenvalue weighted by molar-refractivity contribution is 6.30. The molecule has 2 heterocycles. The Morgan fingerprint density at radius 2 is 1.66 bits per heavy atom. The molecular weight excluding hydrogens is 418 g/mol. The zero-order valence-corrected chi connectivity index (χ0v) is 18.0. The van der Waals surface area contributed by atoms with Crippen LogP contribution < -0.4 is 0 Å². The van der Waals surface area contributed by atoms with E-state index in [1.165, 1.54) is 17.3 Å². The fourth-order valence-corrected chi connectivity index (χ4v) is 3.78. The Hall–Kier alpha value is -3.76. The molecule has 0 atom stereocenters. The molecule has 0 aliphatic rings. The summed E-state index contributed by atoms with van der Waals surface area (Å²) in [5, 5.41) is 9.82. The Labute approximate surface area is 191 Å². The molecule has 0 aliphatic heterocycles. The highest BCUT2D eigenvalue weighted by Gasteiger charge is 2.11. The third-order valence-corrected chi connectivity index (χ3v) is 5.61. The van der Waals surface area contributed by atoms with Crippen molar-refractivity contribution < 1.29 is 4.42 Å². The minimum absolute atomic E-state index is 0.480. The molecule has 0 bridgehead atoms. The summed E-state index contributed by atoms with van der Waals surface area (Å²) in [4.78, 5) is 4.78. The first kappa shape index (κ1) is 20.2. The van der Waals surface area contributed by atoms with Gasteiger partial charge in [-0.2, -0.15) is 0 Å². The SMILES string of the molecule is Clc1ccc(C=C(c2ccc(CCc3ccc4ccccc4n3)cc2)c2nnco2)cc1. The molecule has 0 radical (unpaired) electrons. The van der Waals surface area contributed by atoms with Crippen molar-refractivity contribution in [2.24, 2.45) is 0 Å². The topological polar surface area (TPSA) is 51.8 Å². The monoisotopic (exact) mass is 437 g/mol. The molecular formula is C27H20ClN3O. The standard InChI is InChI=1S/C27H20ClN3O/c28-23-13-7-20(8-14-23)17-25(27-31-29-18-32-27)21-10-5-19(6-11-21)9-15-24-16-12-22-3-1-2-4-26(22)30-24/h1-8,10-14,16-18H,9,15H2. The van der Waals surface area contributed by atoms with Gasteiger partial charge in [0.25, 0.3) is 0 Å².